The summed E-state index contributed by atoms with van der Waals surface area (Å²) in [6.07, 6.45) is 18.3. The summed E-state index contributed by atoms with van der Waals surface area (Å²) < 4.78 is 5.75. The van der Waals surface area contributed by atoms with Crippen LogP contribution in [0.1, 0.15) is 90.1 Å². The number of aliphatic hydroxyl groups is 3. The molecule has 4 aliphatic rings. The van der Waals surface area contributed by atoms with Crippen molar-refractivity contribution in [3.63, 3.8) is 0 Å². The molecule has 1 heterocycles. The third kappa shape index (κ3) is 4.95. The molecule has 0 unspecified atom stereocenters. The second-order valence-electron chi connectivity index (χ2n) is 12.5. The van der Waals surface area contributed by atoms with E-state index in [0.717, 1.165) is 42.5 Å². The van der Waals surface area contributed by atoms with Gasteiger partial charge in [-0.05, 0) is 92.1 Å². The summed E-state index contributed by atoms with van der Waals surface area (Å²) in [6.45, 7) is 10.9. The van der Waals surface area contributed by atoms with Crippen molar-refractivity contribution in [1.82, 2.24) is 4.98 Å². The van der Waals surface area contributed by atoms with Gasteiger partial charge in [-0.15, -0.1) is 0 Å². The van der Waals surface area contributed by atoms with Gasteiger partial charge >= 0.3 is 0 Å². The number of rotatable bonds is 7. The highest BCUT2D eigenvalue weighted by molar-refractivity contribution is 5.38. The third-order valence-electron chi connectivity index (χ3n) is 10.2. The molecule has 4 saturated carbocycles. The number of hydrogen-bond donors (Lipinski definition) is 3. The minimum absolute atomic E-state index is 0.246. The molecule has 4 fully saturated rings. The van der Waals surface area contributed by atoms with Gasteiger partial charge in [0.1, 0.15) is 6.26 Å². The fourth-order valence-corrected chi connectivity index (χ4v) is 7.68. The Labute approximate surface area is 222 Å². The Morgan fingerprint density at radius 1 is 1.19 bits per heavy atom. The average molecular weight is 508 g/mol. The number of aryl methyl sites for hydroxylation is 1. The van der Waals surface area contributed by atoms with E-state index in [1.807, 2.05) is 6.08 Å². The zero-order valence-corrected chi connectivity index (χ0v) is 22.8. The number of hydrogen-bond acceptors (Lipinski definition) is 5. The first kappa shape index (κ1) is 26.6. The van der Waals surface area contributed by atoms with E-state index in [0.29, 0.717) is 36.5 Å². The molecule has 0 spiro atoms. The van der Waals surface area contributed by atoms with Crippen molar-refractivity contribution in [1.29, 1.82) is 0 Å². The molecular formula is C32H45NO4. The number of allylic oxidation sites excluding steroid dienone is 4. The van der Waals surface area contributed by atoms with Crippen LogP contribution >= 0.6 is 0 Å². The molecule has 4 aliphatic carbocycles. The molecule has 5 rings (SSSR count). The van der Waals surface area contributed by atoms with Gasteiger partial charge in [-0.2, -0.15) is 0 Å². The standard InChI is InChI=1S/C32H45NO4/c1-5-24-19-37-30(33-24)32(15-16-32)29(36)13-8-20(2)26-11-12-27-22(7-6-14-31(26,27)4)9-10-23-17-25(34)18-28(35)21(23)3/h8-10,13,19-20,25-29,34-36H,3,5-7,11-12,14-18H2,1-2,4H3/b13-8+,22-9+,23-10-/t20-,25+,26+,27-,28-,29-,31+/m0/s1. The predicted octanol–water partition coefficient (Wildman–Crippen LogP) is 5.96. The molecular weight excluding hydrogens is 462 g/mol. The summed E-state index contributed by atoms with van der Waals surface area (Å²) in [5, 5.41) is 31.4. The molecule has 5 heteroatoms. The van der Waals surface area contributed by atoms with E-state index in [-0.39, 0.29) is 10.8 Å². The van der Waals surface area contributed by atoms with Crippen molar-refractivity contribution in [2.24, 2.45) is 23.2 Å². The lowest BCUT2D eigenvalue weighted by molar-refractivity contribution is 0.0862. The summed E-state index contributed by atoms with van der Waals surface area (Å²) in [4.78, 5) is 4.62. The molecule has 7 atom stereocenters. The number of oxazole rings is 1. The number of fused-ring (bicyclic) bond motifs is 1. The van der Waals surface area contributed by atoms with Crippen LogP contribution in [0.15, 0.2) is 58.3 Å². The first-order valence-corrected chi connectivity index (χ1v) is 14.4. The summed E-state index contributed by atoms with van der Waals surface area (Å²) in [7, 11) is 0. The van der Waals surface area contributed by atoms with E-state index in [9.17, 15) is 15.3 Å². The van der Waals surface area contributed by atoms with Crippen LogP contribution < -0.4 is 0 Å². The molecule has 1 aromatic rings. The van der Waals surface area contributed by atoms with E-state index in [2.05, 4.69) is 50.6 Å². The minimum atomic E-state index is -0.643. The quantitative estimate of drug-likeness (QED) is 0.396. The maximum absolute atomic E-state index is 11.1. The Morgan fingerprint density at radius 3 is 2.68 bits per heavy atom. The van der Waals surface area contributed by atoms with Gasteiger partial charge in [0.2, 0.25) is 5.89 Å². The fraction of sp³-hybridized carbons (Fsp3) is 0.656. The largest absolute Gasteiger partial charge is 0.448 e. The molecule has 0 bridgehead atoms. The smallest absolute Gasteiger partial charge is 0.203 e. The Balaban J connectivity index is 1.28. The van der Waals surface area contributed by atoms with Crippen LogP contribution in [0.4, 0.5) is 0 Å². The van der Waals surface area contributed by atoms with Gasteiger partial charge < -0.3 is 19.7 Å². The van der Waals surface area contributed by atoms with E-state index in [4.69, 9.17) is 4.42 Å². The molecule has 5 nitrogen and oxygen atoms in total. The van der Waals surface area contributed by atoms with Gasteiger partial charge in [0, 0.05) is 6.42 Å². The van der Waals surface area contributed by atoms with Gasteiger partial charge in [0.05, 0.1) is 29.4 Å². The van der Waals surface area contributed by atoms with Crippen LogP contribution in [0.3, 0.4) is 0 Å². The van der Waals surface area contributed by atoms with E-state index in [1.54, 1.807) is 6.26 Å². The predicted molar refractivity (Wildman–Crippen MR) is 146 cm³/mol. The summed E-state index contributed by atoms with van der Waals surface area (Å²) in [5.41, 5.74) is 4.10. The maximum Gasteiger partial charge on any atom is 0.203 e. The summed E-state index contributed by atoms with van der Waals surface area (Å²) in [5.74, 6) is 2.22. The molecule has 0 saturated heterocycles. The van der Waals surface area contributed by atoms with Crippen LogP contribution in [-0.2, 0) is 11.8 Å². The zero-order chi connectivity index (χ0) is 26.4. The topological polar surface area (TPSA) is 86.7 Å². The Bertz CT molecular complexity index is 1090. The average Bonchev–Trinajstić information content (AvgIpc) is 3.39. The van der Waals surface area contributed by atoms with Gasteiger partial charge in [0.15, 0.2) is 0 Å². The number of aliphatic hydroxyl groups excluding tert-OH is 3. The lowest BCUT2D eigenvalue weighted by Crippen LogP contribution is -2.35. The van der Waals surface area contributed by atoms with Crippen molar-refractivity contribution in [3.05, 3.63) is 65.5 Å². The maximum atomic E-state index is 11.1. The van der Waals surface area contributed by atoms with E-state index < -0.39 is 18.3 Å². The first-order chi connectivity index (χ1) is 17.7. The van der Waals surface area contributed by atoms with Crippen LogP contribution in [0.5, 0.6) is 0 Å². The molecule has 3 N–H and O–H groups in total. The molecule has 0 aromatic carbocycles. The SMILES string of the molecule is C=C1/C(=C\C=C2/CCC[C@]3(C)[C@@H]([C@@H](C)/C=C/[C@H](O)C4(c5nc(CC)co5)CC4)CC[C@@H]23)C[C@@H](O)C[C@@H]1O. The second kappa shape index (κ2) is 10.3. The van der Waals surface area contributed by atoms with Crippen molar-refractivity contribution in [2.75, 3.05) is 0 Å². The highest BCUT2D eigenvalue weighted by atomic mass is 16.3. The van der Waals surface area contributed by atoms with Crippen molar-refractivity contribution in [3.8, 4) is 0 Å². The van der Waals surface area contributed by atoms with Crippen molar-refractivity contribution < 1.29 is 19.7 Å². The third-order valence-corrected chi connectivity index (χ3v) is 10.2. The molecule has 202 valence electrons. The van der Waals surface area contributed by atoms with E-state index >= 15 is 0 Å². The van der Waals surface area contributed by atoms with Crippen molar-refractivity contribution >= 4 is 0 Å². The van der Waals surface area contributed by atoms with Gasteiger partial charge in [-0.1, -0.05) is 57.2 Å². The highest BCUT2D eigenvalue weighted by Crippen LogP contribution is 2.60. The normalized spacial score (nSPS) is 37.3. The summed E-state index contributed by atoms with van der Waals surface area (Å²) >= 11 is 0. The summed E-state index contributed by atoms with van der Waals surface area (Å²) in [6, 6.07) is 0. The number of aromatic nitrogens is 1. The Morgan fingerprint density at radius 2 is 1.97 bits per heavy atom. The lowest BCUT2D eigenvalue weighted by Gasteiger charge is -2.44. The minimum Gasteiger partial charge on any atom is -0.448 e. The van der Waals surface area contributed by atoms with E-state index in [1.165, 1.54) is 31.3 Å². The van der Waals surface area contributed by atoms with Gasteiger partial charge in [0.25, 0.3) is 0 Å². The fourth-order valence-electron chi connectivity index (χ4n) is 7.68. The molecule has 0 aliphatic heterocycles. The second-order valence-corrected chi connectivity index (χ2v) is 12.5. The van der Waals surface area contributed by atoms with Gasteiger partial charge in [-0.25, -0.2) is 4.98 Å². The van der Waals surface area contributed by atoms with Crippen LogP contribution in [0.25, 0.3) is 0 Å². The lowest BCUT2D eigenvalue weighted by atomic mass is 9.61. The van der Waals surface area contributed by atoms with Gasteiger partial charge in [-0.3, -0.25) is 0 Å². The molecule has 37 heavy (non-hydrogen) atoms. The Hall–Kier alpha value is -1.95. The van der Waals surface area contributed by atoms with Crippen LogP contribution in [0, 0.1) is 23.2 Å². The van der Waals surface area contributed by atoms with Crippen LogP contribution in [-0.4, -0.2) is 38.6 Å². The first-order valence-electron chi connectivity index (χ1n) is 14.4. The Kier molecular flexibility index (Phi) is 7.43. The number of nitrogens with zero attached hydrogens (tertiary/aromatic N) is 1. The van der Waals surface area contributed by atoms with Crippen LogP contribution in [0.2, 0.25) is 0 Å². The highest BCUT2D eigenvalue weighted by Gasteiger charge is 2.54. The molecule has 0 radical (unpaired) electrons. The molecule has 1 aromatic heterocycles. The molecule has 0 amide bonds. The van der Waals surface area contributed by atoms with Crippen molar-refractivity contribution in [2.45, 2.75) is 109 Å². The monoisotopic (exact) mass is 507 g/mol. The zero-order valence-electron chi connectivity index (χ0n) is 22.8.